The first kappa shape index (κ1) is 12.7. The monoisotopic (exact) mass is 226 g/mol. The van der Waals surface area contributed by atoms with Crippen molar-refractivity contribution in [3.05, 3.63) is 16.6 Å². The van der Waals surface area contributed by atoms with Crippen molar-refractivity contribution in [1.29, 1.82) is 0 Å². The molecule has 3 heteroatoms. The minimum atomic E-state index is 0.780. The van der Waals surface area contributed by atoms with Crippen LogP contribution in [0.1, 0.15) is 38.0 Å². The normalized spacial score (nSPS) is 12.9. The van der Waals surface area contributed by atoms with Crippen molar-refractivity contribution in [2.24, 2.45) is 5.92 Å². The molecule has 0 aliphatic carbocycles. The Morgan fingerprint density at radius 2 is 2.27 bits per heavy atom. The van der Waals surface area contributed by atoms with Gasteiger partial charge in [0.2, 0.25) is 0 Å². The number of nitrogens with zero attached hydrogens (tertiary/aromatic N) is 1. The largest absolute Gasteiger partial charge is 0.316 e. The molecule has 0 saturated heterocycles. The molecule has 1 aromatic rings. The van der Waals surface area contributed by atoms with E-state index in [2.05, 4.69) is 24.1 Å². The summed E-state index contributed by atoms with van der Waals surface area (Å²) in [6, 6.07) is 0. The second-order valence-electron chi connectivity index (χ2n) is 4.03. The van der Waals surface area contributed by atoms with Crippen molar-refractivity contribution in [3.8, 4) is 0 Å². The first-order valence-electron chi connectivity index (χ1n) is 5.94. The molecule has 0 bridgehead atoms. The molecule has 1 rings (SSSR count). The minimum absolute atomic E-state index is 0.780. The summed E-state index contributed by atoms with van der Waals surface area (Å²) < 4.78 is 0. The van der Waals surface area contributed by atoms with E-state index < -0.39 is 0 Å². The van der Waals surface area contributed by atoms with E-state index in [1.165, 1.54) is 30.6 Å². The molecule has 1 heterocycles. The van der Waals surface area contributed by atoms with Gasteiger partial charge in [-0.1, -0.05) is 20.3 Å². The Balaban J connectivity index is 2.29. The Labute approximate surface area is 97.1 Å². The predicted molar refractivity (Wildman–Crippen MR) is 67.4 cm³/mol. The van der Waals surface area contributed by atoms with Crippen LogP contribution in [0.25, 0.3) is 0 Å². The van der Waals surface area contributed by atoms with Crippen LogP contribution >= 0.6 is 11.3 Å². The summed E-state index contributed by atoms with van der Waals surface area (Å²) in [4.78, 5) is 5.55. The zero-order chi connectivity index (χ0) is 10.9. The summed E-state index contributed by atoms with van der Waals surface area (Å²) in [7, 11) is 0. The summed E-state index contributed by atoms with van der Waals surface area (Å²) in [6.07, 6.45) is 7.01. The van der Waals surface area contributed by atoms with Gasteiger partial charge in [0.15, 0.2) is 0 Å². The van der Waals surface area contributed by atoms with Crippen LogP contribution in [-0.4, -0.2) is 18.1 Å². The third-order valence-electron chi connectivity index (χ3n) is 2.53. The van der Waals surface area contributed by atoms with Crippen molar-refractivity contribution in [2.45, 2.75) is 39.5 Å². The van der Waals surface area contributed by atoms with Gasteiger partial charge in [-0.2, -0.15) is 0 Å². The molecule has 1 aromatic heterocycles. The van der Waals surface area contributed by atoms with Crippen LogP contribution < -0.4 is 5.32 Å². The highest BCUT2D eigenvalue weighted by Crippen LogP contribution is 2.16. The smallest absolute Gasteiger partial charge is 0.0794 e. The Hall–Kier alpha value is -0.410. The van der Waals surface area contributed by atoms with Gasteiger partial charge < -0.3 is 5.32 Å². The van der Waals surface area contributed by atoms with E-state index in [1.54, 1.807) is 11.3 Å². The number of hydrogen-bond donors (Lipinski definition) is 1. The Morgan fingerprint density at radius 1 is 1.40 bits per heavy atom. The van der Waals surface area contributed by atoms with Crippen LogP contribution in [0, 0.1) is 5.92 Å². The lowest BCUT2D eigenvalue weighted by atomic mass is 9.99. The zero-order valence-corrected chi connectivity index (χ0v) is 10.6. The van der Waals surface area contributed by atoms with E-state index in [0.717, 1.165) is 19.0 Å². The fraction of sp³-hybridized carbons (Fsp3) is 0.750. The van der Waals surface area contributed by atoms with E-state index >= 15 is 0 Å². The standard InChI is InChI=1S/C12H22N2S/c1-3-5-11(8-13-6-4-2)7-12-9-14-10-15-12/h9-11,13H,3-8H2,1-2H3. The van der Waals surface area contributed by atoms with Crippen molar-refractivity contribution in [2.75, 3.05) is 13.1 Å². The molecule has 0 amide bonds. The number of rotatable bonds is 8. The Bertz CT molecular complexity index is 234. The zero-order valence-electron chi connectivity index (χ0n) is 9.83. The molecule has 1 atom stereocenters. The molecule has 15 heavy (non-hydrogen) atoms. The van der Waals surface area contributed by atoms with E-state index in [0.29, 0.717) is 0 Å². The fourth-order valence-corrected chi connectivity index (χ4v) is 2.51. The molecule has 1 unspecified atom stereocenters. The lowest BCUT2D eigenvalue weighted by molar-refractivity contribution is 0.441. The van der Waals surface area contributed by atoms with E-state index in [-0.39, 0.29) is 0 Å². The Morgan fingerprint density at radius 3 is 2.87 bits per heavy atom. The van der Waals surface area contributed by atoms with Gasteiger partial charge in [0.05, 0.1) is 5.51 Å². The summed E-state index contributed by atoms with van der Waals surface area (Å²) in [5.74, 6) is 0.780. The van der Waals surface area contributed by atoms with E-state index in [9.17, 15) is 0 Å². The molecule has 0 radical (unpaired) electrons. The van der Waals surface area contributed by atoms with Gasteiger partial charge in [0, 0.05) is 11.1 Å². The van der Waals surface area contributed by atoms with Gasteiger partial charge in [-0.25, -0.2) is 0 Å². The van der Waals surface area contributed by atoms with Crippen molar-refractivity contribution >= 4 is 11.3 Å². The van der Waals surface area contributed by atoms with Crippen molar-refractivity contribution in [1.82, 2.24) is 10.3 Å². The fourth-order valence-electron chi connectivity index (χ4n) is 1.79. The lowest BCUT2D eigenvalue weighted by Crippen LogP contribution is -2.24. The van der Waals surface area contributed by atoms with Crippen molar-refractivity contribution in [3.63, 3.8) is 0 Å². The van der Waals surface area contributed by atoms with E-state index in [1.807, 2.05) is 11.7 Å². The van der Waals surface area contributed by atoms with Crippen LogP contribution in [0.2, 0.25) is 0 Å². The summed E-state index contributed by atoms with van der Waals surface area (Å²) >= 11 is 1.78. The average Bonchev–Trinajstić information content (AvgIpc) is 2.71. The summed E-state index contributed by atoms with van der Waals surface area (Å²) in [6.45, 7) is 6.77. The molecule has 1 N–H and O–H groups in total. The highest BCUT2D eigenvalue weighted by molar-refractivity contribution is 7.09. The first-order valence-corrected chi connectivity index (χ1v) is 6.82. The van der Waals surface area contributed by atoms with Gasteiger partial charge in [0.25, 0.3) is 0 Å². The van der Waals surface area contributed by atoms with E-state index in [4.69, 9.17) is 0 Å². The summed E-state index contributed by atoms with van der Waals surface area (Å²) in [5.41, 5.74) is 1.93. The Kier molecular flexibility index (Phi) is 6.60. The summed E-state index contributed by atoms with van der Waals surface area (Å²) in [5, 5.41) is 3.52. The molecule has 0 saturated carbocycles. The third kappa shape index (κ3) is 5.28. The molecule has 0 fully saturated rings. The highest BCUT2D eigenvalue weighted by atomic mass is 32.1. The van der Waals surface area contributed by atoms with Gasteiger partial charge in [-0.05, 0) is 38.3 Å². The number of nitrogens with one attached hydrogen (secondary N) is 1. The molecular formula is C12H22N2S. The van der Waals surface area contributed by atoms with Crippen molar-refractivity contribution < 1.29 is 0 Å². The predicted octanol–water partition coefficient (Wildman–Crippen LogP) is 3.10. The SMILES string of the molecule is CCCNCC(CCC)Cc1cncs1. The van der Waals surface area contributed by atoms with Gasteiger partial charge in [-0.3, -0.25) is 4.98 Å². The third-order valence-corrected chi connectivity index (χ3v) is 3.33. The molecular weight excluding hydrogens is 204 g/mol. The second-order valence-corrected chi connectivity index (χ2v) is 5.00. The average molecular weight is 226 g/mol. The van der Waals surface area contributed by atoms with Gasteiger partial charge >= 0.3 is 0 Å². The molecule has 0 aromatic carbocycles. The van der Waals surface area contributed by atoms with Crippen LogP contribution in [0.3, 0.4) is 0 Å². The van der Waals surface area contributed by atoms with Crippen LogP contribution in [0.15, 0.2) is 11.7 Å². The highest BCUT2D eigenvalue weighted by Gasteiger charge is 2.09. The number of aromatic nitrogens is 1. The number of hydrogen-bond acceptors (Lipinski definition) is 3. The maximum absolute atomic E-state index is 4.13. The molecule has 86 valence electrons. The lowest BCUT2D eigenvalue weighted by Gasteiger charge is -2.15. The molecule has 2 nitrogen and oxygen atoms in total. The minimum Gasteiger partial charge on any atom is -0.316 e. The van der Waals surface area contributed by atoms with Crippen LogP contribution in [0.4, 0.5) is 0 Å². The quantitative estimate of drug-likeness (QED) is 0.689. The van der Waals surface area contributed by atoms with Gasteiger partial charge in [-0.15, -0.1) is 11.3 Å². The molecule has 0 spiro atoms. The van der Waals surface area contributed by atoms with Crippen LogP contribution in [0.5, 0.6) is 0 Å². The van der Waals surface area contributed by atoms with Gasteiger partial charge in [0.1, 0.15) is 0 Å². The topological polar surface area (TPSA) is 24.9 Å². The van der Waals surface area contributed by atoms with Crippen LogP contribution in [-0.2, 0) is 6.42 Å². The number of thiazole rings is 1. The maximum Gasteiger partial charge on any atom is 0.0794 e. The maximum atomic E-state index is 4.13. The molecule has 0 aliphatic rings. The molecule has 0 aliphatic heterocycles. The second kappa shape index (κ2) is 7.83. The first-order chi connectivity index (χ1) is 7.36.